The highest BCUT2D eigenvalue weighted by atomic mass is 32.2. The molecule has 5 nitrogen and oxygen atoms in total. The van der Waals surface area contributed by atoms with Crippen molar-refractivity contribution in [2.75, 3.05) is 0 Å². The van der Waals surface area contributed by atoms with Crippen molar-refractivity contribution in [2.24, 2.45) is 46.3 Å². The lowest BCUT2D eigenvalue weighted by molar-refractivity contribution is -0.120. The van der Waals surface area contributed by atoms with Gasteiger partial charge in [-0.25, -0.2) is 17.5 Å². The van der Waals surface area contributed by atoms with Crippen LogP contribution in [-0.2, 0) is 10.0 Å². The first-order valence-electron chi connectivity index (χ1n) is 14.6. The summed E-state index contributed by atoms with van der Waals surface area (Å²) in [6, 6.07) is 6.50. The third-order valence-electron chi connectivity index (χ3n) is 12.1. The molecule has 1 aromatic carbocycles. The van der Waals surface area contributed by atoms with Crippen LogP contribution < -0.4 is 5.32 Å². The number of sulfonamides is 1. The van der Waals surface area contributed by atoms with Gasteiger partial charge >= 0.3 is 6.03 Å². The molecule has 6 heteroatoms. The smallest absolute Gasteiger partial charge is 0.332 e. The molecule has 8 saturated carbocycles. The Kier molecular flexibility index (Phi) is 4.55. The Morgan fingerprint density at radius 2 is 1.14 bits per heavy atom. The normalized spacial score (nSPS) is 48.6. The number of hydrogen-bond acceptors (Lipinski definition) is 3. The van der Waals surface area contributed by atoms with Crippen molar-refractivity contribution < 1.29 is 13.2 Å². The molecule has 0 aromatic heterocycles. The summed E-state index contributed by atoms with van der Waals surface area (Å²) in [5.74, 6) is 4.46. The molecule has 1 heterocycles. The summed E-state index contributed by atoms with van der Waals surface area (Å²) in [5.41, 5.74) is 1.05. The highest BCUT2D eigenvalue weighted by Crippen LogP contribution is 2.67. The molecule has 9 fully saturated rings. The number of benzene rings is 1. The summed E-state index contributed by atoms with van der Waals surface area (Å²) < 4.78 is 30.0. The van der Waals surface area contributed by atoms with Crippen molar-refractivity contribution in [3.63, 3.8) is 0 Å². The van der Waals surface area contributed by atoms with Crippen LogP contribution in [0.5, 0.6) is 0 Å². The third-order valence-corrected chi connectivity index (χ3v) is 13.9. The standard InChI is InChI=1S/C30H40N2O3S/c1-18-2-4-25(5-3-18)36(34,35)32-27(30-15-22-9-23(16-30)11-24(10-22)17-30)26(31-28(32)33)29-12-19-6-20(13-29)8-21(7-19)14-29/h2-5,19-24,26-27H,6-17H2,1H3,(H,31,33)/t19?,20?,21?,22?,23?,24?,26-,27-,29?,30?/m1/s1. The molecule has 1 aliphatic heterocycles. The van der Waals surface area contributed by atoms with Gasteiger partial charge in [0.25, 0.3) is 10.0 Å². The van der Waals surface area contributed by atoms with Gasteiger partial charge in [0.05, 0.1) is 17.0 Å². The van der Waals surface area contributed by atoms with E-state index < -0.39 is 10.0 Å². The minimum Gasteiger partial charge on any atom is -0.332 e. The number of carbonyl (C=O) groups is 1. The predicted octanol–water partition coefficient (Wildman–Crippen LogP) is 5.88. The van der Waals surface area contributed by atoms with E-state index in [2.05, 4.69) is 5.32 Å². The van der Waals surface area contributed by atoms with E-state index in [1.807, 2.05) is 19.1 Å². The van der Waals surface area contributed by atoms with Crippen molar-refractivity contribution in [1.82, 2.24) is 9.62 Å². The first kappa shape index (κ1) is 22.4. The summed E-state index contributed by atoms with van der Waals surface area (Å²) in [6.45, 7) is 1.97. The Bertz CT molecular complexity index is 1130. The average molecular weight is 509 g/mol. The van der Waals surface area contributed by atoms with Gasteiger partial charge in [-0.3, -0.25) is 0 Å². The summed E-state index contributed by atoms with van der Waals surface area (Å²) in [7, 11) is -3.93. The number of carbonyl (C=O) groups excluding carboxylic acids is 1. The molecule has 9 aliphatic rings. The minimum absolute atomic E-state index is 0.0325. The van der Waals surface area contributed by atoms with Gasteiger partial charge in [-0.15, -0.1) is 0 Å². The fourth-order valence-electron chi connectivity index (χ4n) is 11.8. The summed E-state index contributed by atoms with van der Waals surface area (Å²) in [5, 5.41) is 3.43. The second kappa shape index (κ2) is 7.30. The fraction of sp³-hybridized carbons (Fsp3) is 0.767. The van der Waals surface area contributed by atoms with Gasteiger partial charge in [0, 0.05) is 0 Å². The molecule has 1 N–H and O–H groups in total. The van der Waals surface area contributed by atoms with Crippen LogP contribution in [0.2, 0.25) is 0 Å². The van der Waals surface area contributed by atoms with Gasteiger partial charge in [0.1, 0.15) is 0 Å². The first-order chi connectivity index (χ1) is 17.2. The molecule has 10 rings (SSSR count). The van der Waals surface area contributed by atoms with Gasteiger partial charge in [0.2, 0.25) is 0 Å². The van der Waals surface area contributed by atoms with Crippen LogP contribution in [0.15, 0.2) is 29.2 Å². The summed E-state index contributed by atoms with van der Waals surface area (Å²) in [4.78, 5) is 14.2. The average Bonchev–Trinajstić information content (AvgIpc) is 3.17. The number of urea groups is 1. The number of rotatable bonds is 4. The molecule has 1 saturated heterocycles. The van der Waals surface area contributed by atoms with Gasteiger partial charge < -0.3 is 5.32 Å². The molecule has 0 unspecified atom stereocenters. The molecule has 8 bridgehead atoms. The van der Waals surface area contributed by atoms with Crippen molar-refractivity contribution in [3.8, 4) is 0 Å². The zero-order valence-electron chi connectivity index (χ0n) is 21.5. The lowest BCUT2D eigenvalue weighted by atomic mass is 9.43. The number of amides is 2. The fourth-order valence-corrected chi connectivity index (χ4v) is 13.4. The quantitative estimate of drug-likeness (QED) is 0.552. The number of hydrogen-bond donors (Lipinski definition) is 1. The lowest BCUT2D eigenvalue weighted by Gasteiger charge is -2.64. The van der Waals surface area contributed by atoms with E-state index in [4.69, 9.17) is 0 Å². The van der Waals surface area contributed by atoms with Crippen LogP contribution in [0.4, 0.5) is 4.79 Å². The van der Waals surface area contributed by atoms with E-state index in [0.29, 0.717) is 17.8 Å². The molecule has 8 aliphatic carbocycles. The predicted molar refractivity (Wildman–Crippen MR) is 138 cm³/mol. The van der Waals surface area contributed by atoms with Crippen molar-refractivity contribution in [2.45, 2.75) is 101 Å². The van der Waals surface area contributed by atoms with Crippen molar-refractivity contribution >= 4 is 16.1 Å². The molecule has 1 aromatic rings. The Hall–Kier alpha value is -1.56. The van der Waals surface area contributed by atoms with Gasteiger partial charge in [0.15, 0.2) is 0 Å². The Morgan fingerprint density at radius 3 is 1.58 bits per heavy atom. The largest absolute Gasteiger partial charge is 0.332 e. The van der Waals surface area contributed by atoms with E-state index in [1.54, 1.807) is 12.1 Å². The molecule has 2 amide bonds. The summed E-state index contributed by atoms with van der Waals surface area (Å²) in [6.07, 6.45) is 14.9. The van der Waals surface area contributed by atoms with E-state index >= 15 is 0 Å². The zero-order valence-corrected chi connectivity index (χ0v) is 22.3. The van der Waals surface area contributed by atoms with Crippen LogP contribution in [0.3, 0.4) is 0 Å². The second-order valence-corrected chi connectivity index (χ2v) is 16.4. The molecule has 0 radical (unpaired) electrons. The maximum atomic E-state index is 14.3. The third kappa shape index (κ3) is 3.06. The van der Waals surface area contributed by atoms with Crippen LogP contribution in [0, 0.1) is 53.3 Å². The van der Waals surface area contributed by atoms with E-state index in [9.17, 15) is 13.2 Å². The van der Waals surface area contributed by atoms with Crippen LogP contribution in [0.25, 0.3) is 0 Å². The van der Waals surface area contributed by atoms with Gasteiger partial charge in [-0.05, 0) is 142 Å². The van der Waals surface area contributed by atoms with Crippen molar-refractivity contribution in [1.29, 1.82) is 0 Å². The Morgan fingerprint density at radius 1 is 0.722 bits per heavy atom. The van der Waals surface area contributed by atoms with Crippen LogP contribution in [-0.4, -0.2) is 30.8 Å². The topological polar surface area (TPSA) is 66.5 Å². The van der Waals surface area contributed by atoms with E-state index in [0.717, 1.165) is 42.6 Å². The van der Waals surface area contributed by atoms with E-state index in [1.165, 1.54) is 62.1 Å². The molecular formula is C30H40N2O3S. The Balaban J connectivity index is 1.26. The molecule has 194 valence electrons. The maximum absolute atomic E-state index is 14.3. The van der Waals surface area contributed by atoms with Gasteiger partial charge in [-0.1, -0.05) is 17.7 Å². The Labute approximate surface area is 215 Å². The minimum atomic E-state index is -3.93. The molecular weight excluding hydrogens is 468 g/mol. The molecule has 2 atom stereocenters. The number of nitrogens with zero attached hydrogens (tertiary/aromatic N) is 1. The monoisotopic (exact) mass is 508 g/mol. The summed E-state index contributed by atoms with van der Waals surface area (Å²) >= 11 is 0. The molecule has 36 heavy (non-hydrogen) atoms. The maximum Gasteiger partial charge on any atom is 0.332 e. The van der Waals surface area contributed by atoms with Crippen molar-refractivity contribution in [3.05, 3.63) is 29.8 Å². The van der Waals surface area contributed by atoms with E-state index in [-0.39, 0.29) is 33.8 Å². The number of aryl methyl sites for hydroxylation is 1. The van der Waals surface area contributed by atoms with Crippen LogP contribution in [0.1, 0.15) is 82.6 Å². The highest BCUT2D eigenvalue weighted by Gasteiger charge is 2.67. The van der Waals surface area contributed by atoms with Gasteiger partial charge in [-0.2, -0.15) is 0 Å². The zero-order chi connectivity index (χ0) is 24.4. The second-order valence-electron chi connectivity index (χ2n) is 14.5. The molecule has 0 spiro atoms. The lowest BCUT2D eigenvalue weighted by Crippen LogP contribution is -2.64. The SMILES string of the molecule is Cc1ccc(S(=O)(=O)N2C(=O)N[C@@H](C34CC5CC(CC(C5)C3)C4)[C@@H]2C23CC4CC(CC(C4)C2)C3)cc1. The first-order valence-corrected chi connectivity index (χ1v) is 16.1. The highest BCUT2D eigenvalue weighted by molar-refractivity contribution is 7.89. The number of nitrogens with one attached hydrogen (secondary N) is 1. The van der Waals surface area contributed by atoms with Crippen LogP contribution >= 0.6 is 0 Å².